The molecule has 0 saturated carbocycles. The fourth-order valence-corrected chi connectivity index (χ4v) is 1.12. The third-order valence-corrected chi connectivity index (χ3v) is 1.91. The molecule has 0 amide bonds. The van der Waals surface area contributed by atoms with E-state index in [0.717, 1.165) is 5.92 Å². The van der Waals surface area contributed by atoms with Crippen LogP contribution in [0.2, 0.25) is 0 Å². The minimum atomic E-state index is 0.534. The number of hydrogen-bond donors (Lipinski definition) is 0. The fourth-order valence-electron chi connectivity index (χ4n) is 1.12. The molecule has 0 aromatic rings. The summed E-state index contributed by atoms with van der Waals surface area (Å²) in [4.78, 5) is 9.99. The van der Waals surface area contributed by atoms with Crippen molar-refractivity contribution in [2.45, 2.75) is 46.5 Å². The van der Waals surface area contributed by atoms with Gasteiger partial charge < -0.3 is 0 Å². The molecule has 1 heteroatoms. The highest BCUT2D eigenvalue weighted by atomic mass is 16.1. The molecule has 1 nitrogen and oxygen atoms in total. The Morgan fingerprint density at radius 1 is 1.18 bits per heavy atom. The van der Waals surface area contributed by atoms with Crippen molar-refractivity contribution in [3.63, 3.8) is 0 Å². The molecule has 11 heavy (non-hydrogen) atoms. The van der Waals surface area contributed by atoms with Gasteiger partial charge in [-0.2, -0.15) is 0 Å². The summed E-state index contributed by atoms with van der Waals surface area (Å²) in [5, 5.41) is 0. The van der Waals surface area contributed by atoms with Crippen LogP contribution >= 0.6 is 0 Å². The first-order valence-corrected chi connectivity index (χ1v) is 4.51. The molecule has 1 unspecified atom stereocenters. The van der Waals surface area contributed by atoms with Crippen LogP contribution in [0, 0.1) is 11.8 Å². The average Bonchev–Trinajstić information content (AvgIpc) is 1.87. The van der Waals surface area contributed by atoms with Crippen molar-refractivity contribution in [1.82, 2.24) is 0 Å². The van der Waals surface area contributed by atoms with Gasteiger partial charge in [0.25, 0.3) is 0 Å². The van der Waals surface area contributed by atoms with E-state index in [1.54, 1.807) is 0 Å². The maximum atomic E-state index is 9.99. The Balaban J connectivity index is 3.16. The van der Waals surface area contributed by atoms with E-state index in [1.165, 1.54) is 19.3 Å². The van der Waals surface area contributed by atoms with E-state index in [2.05, 4.69) is 20.8 Å². The largest absolute Gasteiger partial charge is 0.291 e. The average molecular weight is 155 g/mol. The zero-order valence-corrected chi connectivity index (χ0v) is 7.89. The van der Waals surface area contributed by atoms with E-state index in [9.17, 15) is 4.79 Å². The van der Waals surface area contributed by atoms with Crippen LogP contribution in [0.3, 0.4) is 0 Å². The van der Waals surface area contributed by atoms with Gasteiger partial charge in [0.1, 0.15) is 0 Å². The summed E-state index contributed by atoms with van der Waals surface area (Å²) in [6.07, 6.45) is 6.27. The van der Waals surface area contributed by atoms with Gasteiger partial charge in [-0.15, -0.1) is 0 Å². The molecule has 0 aliphatic rings. The lowest BCUT2D eigenvalue weighted by Gasteiger charge is -2.07. The molecule has 0 aliphatic heterocycles. The monoisotopic (exact) mass is 155 g/mol. The molecule has 1 atom stereocenters. The normalized spacial score (nSPS) is 13.5. The second-order valence-corrected chi connectivity index (χ2v) is 3.78. The van der Waals surface area contributed by atoms with Crippen LogP contribution in [0.25, 0.3) is 0 Å². The highest BCUT2D eigenvalue weighted by Crippen LogP contribution is 2.13. The predicted octanol–water partition coefficient (Wildman–Crippen LogP) is 2.95. The molecule has 0 rings (SSSR count). The molecule has 0 aliphatic carbocycles. The van der Waals surface area contributed by atoms with Crippen LogP contribution in [0.1, 0.15) is 46.5 Å². The lowest BCUT2D eigenvalue weighted by molar-refractivity contribution is 0.455. The van der Waals surface area contributed by atoms with Crippen LogP contribution in [-0.4, -0.2) is 6.29 Å². The van der Waals surface area contributed by atoms with Gasteiger partial charge >= 0.3 is 0 Å². The molecular formula is C10H19O. The first-order chi connectivity index (χ1) is 5.16. The number of hydrogen-bond acceptors (Lipinski definition) is 1. The number of rotatable bonds is 6. The second-order valence-electron chi connectivity index (χ2n) is 3.78. The Morgan fingerprint density at radius 3 is 2.27 bits per heavy atom. The Morgan fingerprint density at radius 2 is 1.82 bits per heavy atom. The molecule has 0 bridgehead atoms. The van der Waals surface area contributed by atoms with Crippen LogP contribution in [-0.2, 0) is 4.79 Å². The van der Waals surface area contributed by atoms with Crippen molar-refractivity contribution in [2.24, 2.45) is 11.8 Å². The molecule has 1 radical (unpaired) electrons. The topological polar surface area (TPSA) is 17.1 Å². The van der Waals surface area contributed by atoms with Crippen molar-refractivity contribution in [2.75, 3.05) is 0 Å². The summed E-state index contributed by atoms with van der Waals surface area (Å²) >= 11 is 0. The summed E-state index contributed by atoms with van der Waals surface area (Å²) in [7, 11) is 0. The Bertz CT molecular complexity index is 97.0. The highest BCUT2D eigenvalue weighted by molar-refractivity contribution is 5.50. The summed E-state index contributed by atoms with van der Waals surface area (Å²) in [5.41, 5.74) is 0. The van der Waals surface area contributed by atoms with Gasteiger partial charge in [0.15, 0.2) is 6.29 Å². The maximum Gasteiger partial charge on any atom is 0.198 e. The quantitative estimate of drug-likeness (QED) is 0.576. The molecule has 0 aromatic heterocycles. The molecule has 0 N–H and O–H groups in total. The van der Waals surface area contributed by atoms with Gasteiger partial charge in [-0.3, -0.25) is 4.79 Å². The molecule has 0 heterocycles. The van der Waals surface area contributed by atoms with E-state index in [1.807, 2.05) is 6.29 Å². The third-order valence-electron chi connectivity index (χ3n) is 1.91. The SMILES string of the molecule is CC(C)CCCC(C)C[C]=O. The van der Waals surface area contributed by atoms with Crippen LogP contribution < -0.4 is 0 Å². The Kier molecular flexibility index (Phi) is 6.19. The molecular weight excluding hydrogens is 136 g/mol. The van der Waals surface area contributed by atoms with Crippen LogP contribution in [0.15, 0.2) is 0 Å². The molecule has 0 fully saturated rings. The van der Waals surface area contributed by atoms with Crippen molar-refractivity contribution in [1.29, 1.82) is 0 Å². The Labute approximate surface area is 70.2 Å². The lowest BCUT2D eigenvalue weighted by Crippen LogP contribution is -1.96. The van der Waals surface area contributed by atoms with E-state index >= 15 is 0 Å². The van der Waals surface area contributed by atoms with Gasteiger partial charge in [0.05, 0.1) is 0 Å². The minimum absolute atomic E-state index is 0.534. The minimum Gasteiger partial charge on any atom is -0.291 e. The summed E-state index contributed by atoms with van der Waals surface area (Å²) in [5.74, 6) is 1.33. The first kappa shape index (κ1) is 10.7. The standard InChI is InChI=1S/C10H19O/c1-9(2)5-4-6-10(3)7-8-11/h9-10H,4-7H2,1-3H3. The van der Waals surface area contributed by atoms with Crippen molar-refractivity contribution < 1.29 is 4.79 Å². The Hall–Kier alpha value is -0.330. The van der Waals surface area contributed by atoms with Crippen LogP contribution in [0.4, 0.5) is 0 Å². The van der Waals surface area contributed by atoms with Crippen molar-refractivity contribution in [3.05, 3.63) is 0 Å². The third kappa shape index (κ3) is 7.57. The van der Waals surface area contributed by atoms with E-state index in [4.69, 9.17) is 0 Å². The zero-order chi connectivity index (χ0) is 8.69. The zero-order valence-electron chi connectivity index (χ0n) is 7.89. The molecule has 0 saturated heterocycles. The van der Waals surface area contributed by atoms with Gasteiger partial charge in [-0.05, 0) is 11.8 Å². The van der Waals surface area contributed by atoms with E-state index < -0.39 is 0 Å². The maximum absolute atomic E-state index is 9.99. The summed E-state index contributed by atoms with van der Waals surface area (Å²) in [6, 6.07) is 0. The fraction of sp³-hybridized carbons (Fsp3) is 0.900. The van der Waals surface area contributed by atoms with Crippen molar-refractivity contribution in [3.8, 4) is 0 Å². The van der Waals surface area contributed by atoms with Gasteiger partial charge in [-0.25, -0.2) is 0 Å². The lowest BCUT2D eigenvalue weighted by atomic mass is 9.98. The van der Waals surface area contributed by atoms with Gasteiger partial charge in [-0.1, -0.05) is 40.0 Å². The van der Waals surface area contributed by atoms with Gasteiger partial charge in [0.2, 0.25) is 0 Å². The van der Waals surface area contributed by atoms with E-state index in [-0.39, 0.29) is 0 Å². The number of carbonyl (C=O) groups excluding carboxylic acids is 1. The molecule has 0 aromatic carbocycles. The van der Waals surface area contributed by atoms with E-state index in [0.29, 0.717) is 12.3 Å². The summed E-state index contributed by atoms with van der Waals surface area (Å²) in [6.45, 7) is 6.58. The predicted molar refractivity (Wildman–Crippen MR) is 48.2 cm³/mol. The second kappa shape index (κ2) is 6.38. The van der Waals surface area contributed by atoms with Gasteiger partial charge in [0, 0.05) is 6.42 Å². The summed E-state index contributed by atoms with van der Waals surface area (Å²) < 4.78 is 0. The molecule has 65 valence electrons. The first-order valence-electron chi connectivity index (χ1n) is 4.51. The smallest absolute Gasteiger partial charge is 0.198 e. The van der Waals surface area contributed by atoms with Crippen LogP contribution in [0.5, 0.6) is 0 Å². The van der Waals surface area contributed by atoms with Crippen molar-refractivity contribution >= 4 is 6.29 Å². The molecule has 0 spiro atoms. The highest BCUT2D eigenvalue weighted by Gasteiger charge is 2.01.